The molecule has 0 aliphatic rings. The van der Waals surface area contributed by atoms with E-state index in [2.05, 4.69) is 20.9 Å². The summed E-state index contributed by atoms with van der Waals surface area (Å²) in [5.74, 6) is -3.10. The standard InChI is InChI=1S/C24H35N5O6S/c1-13(2)20(23(33)27-18(24(34)35)8-9-36-3)29-22(32)19(12-30)28-21(31)16(25)10-14-11-26-17-7-5-4-6-15(14)17/h4-7,11,13,16,18-20,26,30H,8-10,12,25H2,1-3H3,(H,27,33)(H,28,31)(H,29,32)(H,34,35). The van der Waals surface area contributed by atoms with Crippen LogP contribution in [0.5, 0.6) is 0 Å². The molecule has 1 aromatic heterocycles. The minimum absolute atomic E-state index is 0.208. The molecular formula is C24H35N5O6S. The van der Waals surface area contributed by atoms with E-state index in [4.69, 9.17) is 5.73 Å². The maximum atomic E-state index is 12.8. The zero-order valence-corrected chi connectivity index (χ0v) is 21.4. The van der Waals surface area contributed by atoms with Crippen LogP contribution >= 0.6 is 11.8 Å². The van der Waals surface area contributed by atoms with E-state index in [-0.39, 0.29) is 18.8 Å². The zero-order valence-electron chi connectivity index (χ0n) is 20.6. The van der Waals surface area contributed by atoms with Gasteiger partial charge >= 0.3 is 5.97 Å². The highest BCUT2D eigenvalue weighted by atomic mass is 32.2. The first-order valence-electron chi connectivity index (χ1n) is 11.6. The number of rotatable bonds is 14. The van der Waals surface area contributed by atoms with Crippen molar-refractivity contribution in [3.8, 4) is 0 Å². The zero-order chi connectivity index (χ0) is 26.8. The van der Waals surface area contributed by atoms with Gasteiger partial charge in [-0.3, -0.25) is 14.4 Å². The number of fused-ring (bicyclic) bond motifs is 1. The van der Waals surface area contributed by atoms with Gasteiger partial charge in [0, 0.05) is 17.1 Å². The number of carbonyl (C=O) groups is 4. The second-order valence-corrected chi connectivity index (χ2v) is 9.81. The lowest BCUT2D eigenvalue weighted by molar-refractivity contribution is -0.142. The maximum Gasteiger partial charge on any atom is 0.326 e. The normalized spacial score (nSPS) is 14.6. The highest BCUT2D eigenvalue weighted by Gasteiger charge is 2.31. The molecule has 12 heteroatoms. The molecule has 0 spiro atoms. The van der Waals surface area contributed by atoms with Crippen LogP contribution in [-0.4, -0.2) is 81.7 Å². The summed E-state index contributed by atoms with van der Waals surface area (Å²) in [5.41, 5.74) is 7.81. The van der Waals surface area contributed by atoms with Crippen LogP contribution in [-0.2, 0) is 25.6 Å². The number of carbonyl (C=O) groups excluding carboxylic acids is 3. The van der Waals surface area contributed by atoms with Crippen LogP contribution in [0, 0.1) is 5.92 Å². The minimum atomic E-state index is -1.34. The van der Waals surface area contributed by atoms with Crippen LogP contribution in [0.2, 0.25) is 0 Å². The number of aromatic amines is 1. The average Bonchev–Trinajstić information content (AvgIpc) is 3.25. The van der Waals surface area contributed by atoms with E-state index in [1.165, 1.54) is 11.8 Å². The molecule has 11 nitrogen and oxygen atoms in total. The largest absolute Gasteiger partial charge is 0.480 e. The van der Waals surface area contributed by atoms with Gasteiger partial charge in [-0.2, -0.15) is 11.8 Å². The summed E-state index contributed by atoms with van der Waals surface area (Å²) >= 11 is 1.45. The Labute approximate surface area is 214 Å². The first kappa shape index (κ1) is 29.1. The van der Waals surface area contributed by atoms with Crippen LogP contribution in [0.1, 0.15) is 25.8 Å². The van der Waals surface area contributed by atoms with E-state index in [9.17, 15) is 29.4 Å². The molecule has 8 N–H and O–H groups in total. The van der Waals surface area contributed by atoms with Crippen molar-refractivity contribution in [1.29, 1.82) is 0 Å². The Bertz CT molecular complexity index is 1060. The molecule has 0 fully saturated rings. The smallest absolute Gasteiger partial charge is 0.326 e. The van der Waals surface area contributed by atoms with Crippen LogP contribution < -0.4 is 21.7 Å². The van der Waals surface area contributed by atoms with Crippen molar-refractivity contribution < 1.29 is 29.4 Å². The van der Waals surface area contributed by atoms with Gasteiger partial charge in [-0.25, -0.2) is 4.79 Å². The molecule has 0 aliphatic heterocycles. The third-order valence-electron chi connectivity index (χ3n) is 5.74. The first-order valence-corrected chi connectivity index (χ1v) is 13.0. The predicted molar refractivity (Wildman–Crippen MR) is 138 cm³/mol. The molecule has 0 radical (unpaired) electrons. The quantitative estimate of drug-likeness (QED) is 0.181. The van der Waals surface area contributed by atoms with Crippen LogP contribution in [0.25, 0.3) is 10.9 Å². The SMILES string of the molecule is CSCCC(NC(=O)C(NC(=O)C(CO)NC(=O)C(N)Cc1c[nH]c2ccccc12)C(C)C)C(=O)O. The minimum Gasteiger partial charge on any atom is -0.480 e. The van der Waals surface area contributed by atoms with Gasteiger partial charge in [0.2, 0.25) is 17.7 Å². The van der Waals surface area contributed by atoms with E-state index >= 15 is 0 Å². The predicted octanol–water partition coefficient (Wildman–Crippen LogP) is -0.0219. The Morgan fingerprint density at radius 1 is 1.03 bits per heavy atom. The number of aliphatic carboxylic acids is 1. The Hall–Kier alpha value is -3.09. The van der Waals surface area contributed by atoms with Crippen molar-refractivity contribution in [3.05, 3.63) is 36.0 Å². The van der Waals surface area contributed by atoms with Gasteiger partial charge in [-0.1, -0.05) is 32.0 Å². The highest BCUT2D eigenvalue weighted by molar-refractivity contribution is 7.98. The van der Waals surface area contributed by atoms with E-state index in [0.29, 0.717) is 5.75 Å². The number of carboxylic acid groups (broad SMARTS) is 1. The molecule has 0 aliphatic carbocycles. The number of hydrogen-bond acceptors (Lipinski definition) is 7. The third-order valence-corrected chi connectivity index (χ3v) is 6.38. The van der Waals surface area contributed by atoms with Crippen molar-refractivity contribution in [2.45, 2.75) is 50.9 Å². The number of thioether (sulfide) groups is 1. The van der Waals surface area contributed by atoms with Crippen LogP contribution in [0.15, 0.2) is 30.5 Å². The van der Waals surface area contributed by atoms with Crippen molar-refractivity contribution in [1.82, 2.24) is 20.9 Å². The number of aromatic nitrogens is 1. The monoisotopic (exact) mass is 521 g/mol. The Kier molecular flexibility index (Phi) is 11.2. The van der Waals surface area contributed by atoms with Gasteiger partial charge < -0.3 is 36.9 Å². The summed E-state index contributed by atoms with van der Waals surface area (Å²) in [6.07, 6.45) is 4.03. The molecule has 0 bridgehead atoms. The molecule has 2 aromatic rings. The Balaban J connectivity index is 2.01. The van der Waals surface area contributed by atoms with Gasteiger partial charge in [0.1, 0.15) is 18.1 Å². The van der Waals surface area contributed by atoms with Crippen molar-refractivity contribution in [2.24, 2.45) is 11.7 Å². The number of amides is 3. The lowest BCUT2D eigenvalue weighted by Crippen LogP contribution is -2.59. The van der Waals surface area contributed by atoms with Crippen molar-refractivity contribution in [2.75, 3.05) is 18.6 Å². The lowest BCUT2D eigenvalue weighted by Gasteiger charge is -2.26. The molecule has 4 atom stereocenters. The number of aliphatic hydroxyl groups excluding tert-OH is 1. The highest BCUT2D eigenvalue weighted by Crippen LogP contribution is 2.18. The summed E-state index contributed by atoms with van der Waals surface area (Å²) < 4.78 is 0. The summed E-state index contributed by atoms with van der Waals surface area (Å²) in [4.78, 5) is 52.8. The van der Waals surface area contributed by atoms with Gasteiger partial charge in [-0.15, -0.1) is 0 Å². The maximum absolute atomic E-state index is 12.8. The van der Waals surface area contributed by atoms with Gasteiger partial charge in [-0.05, 0) is 42.4 Å². The number of carboxylic acids is 1. The van der Waals surface area contributed by atoms with Crippen molar-refractivity contribution >= 4 is 46.4 Å². The number of H-pyrrole nitrogens is 1. The second kappa shape index (κ2) is 13.9. The Morgan fingerprint density at radius 2 is 1.69 bits per heavy atom. The van der Waals surface area contributed by atoms with Crippen molar-refractivity contribution in [3.63, 3.8) is 0 Å². The number of benzene rings is 1. The Morgan fingerprint density at radius 3 is 2.31 bits per heavy atom. The molecule has 1 aromatic carbocycles. The summed E-state index contributed by atoms with van der Waals surface area (Å²) in [6, 6.07) is 3.08. The number of hydrogen-bond donors (Lipinski definition) is 7. The number of aliphatic hydroxyl groups is 1. The number of para-hydroxylation sites is 1. The molecule has 36 heavy (non-hydrogen) atoms. The van der Waals surface area contributed by atoms with Gasteiger partial charge in [0.05, 0.1) is 12.6 Å². The van der Waals surface area contributed by atoms with Gasteiger partial charge in [0.15, 0.2) is 0 Å². The second-order valence-electron chi connectivity index (χ2n) is 8.83. The fourth-order valence-corrected chi connectivity index (χ4v) is 4.12. The third kappa shape index (κ3) is 7.97. The van der Waals surface area contributed by atoms with E-state index < -0.39 is 54.5 Å². The summed E-state index contributed by atoms with van der Waals surface area (Å²) in [5, 5.41) is 27.4. The number of nitrogens with two attached hydrogens (primary N) is 1. The fraction of sp³-hybridized carbons (Fsp3) is 0.500. The summed E-state index contributed by atoms with van der Waals surface area (Å²) in [6.45, 7) is 2.66. The summed E-state index contributed by atoms with van der Waals surface area (Å²) in [7, 11) is 0. The molecular weight excluding hydrogens is 486 g/mol. The molecule has 0 saturated carbocycles. The molecule has 4 unspecified atom stereocenters. The van der Waals surface area contributed by atoms with Crippen LogP contribution in [0.3, 0.4) is 0 Å². The first-order chi connectivity index (χ1) is 17.1. The fourth-order valence-electron chi connectivity index (χ4n) is 3.65. The van der Waals surface area contributed by atoms with E-state index in [1.807, 2.05) is 30.5 Å². The lowest BCUT2D eigenvalue weighted by atomic mass is 10.0. The molecule has 198 valence electrons. The van der Waals surface area contributed by atoms with Gasteiger partial charge in [0.25, 0.3) is 0 Å². The molecule has 0 saturated heterocycles. The van der Waals surface area contributed by atoms with E-state index in [0.717, 1.165) is 16.5 Å². The van der Waals surface area contributed by atoms with E-state index in [1.54, 1.807) is 20.0 Å². The molecule has 2 rings (SSSR count). The topological polar surface area (TPSA) is 187 Å². The number of nitrogens with one attached hydrogen (secondary N) is 4. The molecule has 3 amide bonds. The molecule has 1 heterocycles. The average molecular weight is 522 g/mol. The van der Waals surface area contributed by atoms with Crippen LogP contribution in [0.4, 0.5) is 0 Å².